The smallest absolute Gasteiger partial charge is 0.294 e. The molecule has 1 aromatic heterocycles. The minimum absolute atomic E-state index is 0.156. The van der Waals surface area contributed by atoms with E-state index in [4.69, 9.17) is 4.74 Å². The molecule has 0 radical (unpaired) electrons. The number of unbranched alkanes of at least 4 members (excludes halogenated alkanes) is 2. The van der Waals surface area contributed by atoms with Crippen LogP contribution in [0, 0.1) is 10.1 Å². The van der Waals surface area contributed by atoms with Gasteiger partial charge in [-0.2, -0.15) is 0 Å². The van der Waals surface area contributed by atoms with Gasteiger partial charge in [-0.1, -0.05) is 0 Å². The molecule has 0 saturated heterocycles. The van der Waals surface area contributed by atoms with Crippen LogP contribution in [0.5, 0.6) is 5.75 Å². The van der Waals surface area contributed by atoms with E-state index < -0.39 is 5.09 Å². The van der Waals surface area contributed by atoms with Gasteiger partial charge in [0.25, 0.3) is 5.09 Å². The van der Waals surface area contributed by atoms with Crippen molar-refractivity contribution in [2.75, 3.05) is 25.6 Å². The first-order valence-electron chi connectivity index (χ1n) is 7.15. The molecule has 0 spiro atoms. The Morgan fingerprint density at radius 3 is 2.86 bits per heavy atom. The second-order valence-electron chi connectivity index (χ2n) is 4.80. The number of nitrogens with one attached hydrogen (secondary N) is 1. The molecule has 0 unspecified atom stereocenters. The molecule has 0 aliphatic carbocycles. The van der Waals surface area contributed by atoms with Crippen LogP contribution >= 0.6 is 0 Å². The van der Waals surface area contributed by atoms with Crippen LogP contribution in [-0.2, 0) is 4.84 Å². The van der Waals surface area contributed by atoms with Gasteiger partial charge in [-0.15, -0.1) is 10.1 Å². The maximum atomic E-state index is 9.98. The molecule has 22 heavy (non-hydrogen) atoms. The molecule has 0 bridgehead atoms. The Kier molecular flexibility index (Phi) is 5.76. The summed E-state index contributed by atoms with van der Waals surface area (Å²) in [4.78, 5) is 18.8. The lowest BCUT2D eigenvalue weighted by molar-refractivity contribution is -0.757. The quantitative estimate of drug-likeness (QED) is 0.435. The predicted molar refractivity (Wildman–Crippen MR) is 83.6 cm³/mol. The van der Waals surface area contributed by atoms with Gasteiger partial charge in [0.2, 0.25) is 0 Å². The Bertz CT molecular complexity index is 633. The largest absolute Gasteiger partial charge is 0.497 e. The van der Waals surface area contributed by atoms with E-state index in [1.807, 2.05) is 30.3 Å². The molecular weight excluding hydrogens is 286 g/mol. The van der Waals surface area contributed by atoms with Crippen molar-refractivity contribution in [1.29, 1.82) is 0 Å². The molecule has 2 rings (SSSR count). The monoisotopic (exact) mass is 305 g/mol. The molecule has 118 valence electrons. The van der Waals surface area contributed by atoms with Crippen molar-refractivity contribution in [2.45, 2.75) is 19.3 Å². The van der Waals surface area contributed by atoms with Gasteiger partial charge >= 0.3 is 0 Å². The molecule has 1 heterocycles. The number of pyridine rings is 1. The summed E-state index contributed by atoms with van der Waals surface area (Å²) < 4.78 is 5.18. The van der Waals surface area contributed by atoms with Crippen molar-refractivity contribution < 1.29 is 14.7 Å². The molecule has 0 aliphatic heterocycles. The first-order valence-corrected chi connectivity index (χ1v) is 7.15. The molecule has 0 atom stereocenters. The summed E-state index contributed by atoms with van der Waals surface area (Å²) in [6.07, 6.45) is 2.45. The minimum atomic E-state index is -0.758. The van der Waals surface area contributed by atoms with Gasteiger partial charge < -0.3 is 14.9 Å². The number of ether oxygens (including phenoxy) is 1. The Hall–Kier alpha value is -2.57. The molecule has 1 N–H and O–H groups in total. The van der Waals surface area contributed by atoms with Crippen LogP contribution in [-0.4, -0.2) is 30.3 Å². The van der Waals surface area contributed by atoms with Crippen LogP contribution in [0.3, 0.4) is 0 Å². The summed E-state index contributed by atoms with van der Waals surface area (Å²) in [5, 5.41) is 13.5. The average molecular weight is 305 g/mol. The number of benzene rings is 1. The standard InChI is InChI=1S/C15H19N3O4/c1-21-13-6-7-14-12(11-13)5-8-15(17-14)16-9-3-2-4-10-22-18(19)20/h5-8,11H,2-4,9-10H2,1H3,(H,16,17). The number of hydrogen-bond acceptors (Lipinski definition) is 6. The van der Waals surface area contributed by atoms with E-state index in [0.717, 1.165) is 41.9 Å². The summed E-state index contributed by atoms with van der Waals surface area (Å²) in [7, 11) is 1.64. The maximum Gasteiger partial charge on any atom is 0.294 e. The lowest BCUT2D eigenvalue weighted by Crippen LogP contribution is -2.05. The van der Waals surface area contributed by atoms with E-state index >= 15 is 0 Å². The maximum absolute atomic E-state index is 9.98. The minimum Gasteiger partial charge on any atom is -0.497 e. The van der Waals surface area contributed by atoms with Crippen LogP contribution in [0.25, 0.3) is 10.9 Å². The topological polar surface area (TPSA) is 86.5 Å². The van der Waals surface area contributed by atoms with Crippen LogP contribution in [0.4, 0.5) is 5.82 Å². The highest BCUT2D eigenvalue weighted by molar-refractivity contribution is 5.81. The summed E-state index contributed by atoms with van der Waals surface area (Å²) >= 11 is 0. The van der Waals surface area contributed by atoms with Gasteiger partial charge in [0, 0.05) is 11.9 Å². The van der Waals surface area contributed by atoms with Gasteiger partial charge in [-0.25, -0.2) is 4.98 Å². The van der Waals surface area contributed by atoms with E-state index in [1.54, 1.807) is 7.11 Å². The van der Waals surface area contributed by atoms with Crippen molar-refractivity contribution in [3.8, 4) is 5.75 Å². The molecule has 7 heteroatoms. The van der Waals surface area contributed by atoms with Crippen LogP contribution in [0.2, 0.25) is 0 Å². The highest BCUT2D eigenvalue weighted by Crippen LogP contribution is 2.20. The lowest BCUT2D eigenvalue weighted by Gasteiger charge is -2.07. The first-order chi connectivity index (χ1) is 10.7. The third-order valence-electron chi connectivity index (χ3n) is 3.22. The molecule has 0 amide bonds. The molecule has 0 aliphatic rings. The molecule has 1 aromatic carbocycles. The van der Waals surface area contributed by atoms with Crippen molar-refractivity contribution in [2.24, 2.45) is 0 Å². The predicted octanol–water partition coefficient (Wildman–Crippen LogP) is 3.03. The fourth-order valence-electron chi connectivity index (χ4n) is 2.09. The SMILES string of the molecule is COc1ccc2nc(NCCCCCO[N+](=O)[O-])ccc2c1. The lowest BCUT2D eigenvalue weighted by atomic mass is 10.2. The van der Waals surface area contributed by atoms with Crippen LogP contribution < -0.4 is 10.1 Å². The second-order valence-corrected chi connectivity index (χ2v) is 4.80. The number of hydrogen-bond donors (Lipinski definition) is 1. The normalized spacial score (nSPS) is 10.4. The number of rotatable bonds is 9. The van der Waals surface area contributed by atoms with E-state index in [9.17, 15) is 10.1 Å². The molecule has 7 nitrogen and oxygen atoms in total. The fraction of sp³-hybridized carbons (Fsp3) is 0.400. The van der Waals surface area contributed by atoms with Gasteiger partial charge in [0.15, 0.2) is 0 Å². The Morgan fingerprint density at radius 2 is 2.09 bits per heavy atom. The van der Waals surface area contributed by atoms with E-state index in [0.29, 0.717) is 6.42 Å². The van der Waals surface area contributed by atoms with Gasteiger partial charge in [0.05, 0.1) is 19.2 Å². The van der Waals surface area contributed by atoms with Crippen molar-refractivity contribution >= 4 is 16.7 Å². The van der Waals surface area contributed by atoms with Crippen molar-refractivity contribution in [3.05, 3.63) is 40.4 Å². The number of aromatic nitrogens is 1. The third-order valence-corrected chi connectivity index (χ3v) is 3.22. The molecule has 0 fully saturated rings. The van der Waals surface area contributed by atoms with Crippen LogP contribution in [0.1, 0.15) is 19.3 Å². The summed E-state index contributed by atoms with van der Waals surface area (Å²) in [5.41, 5.74) is 0.908. The van der Waals surface area contributed by atoms with E-state index in [2.05, 4.69) is 15.1 Å². The Balaban J connectivity index is 1.76. The Morgan fingerprint density at radius 1 is 1.23 bits per heavy atom. The van der Waals surface area contributed by atoms with E-state index in [1.165, 1.54) is 0 Å². The summed E-state index contributed by atoms with van der Waals surface area (Å²) in [5.74, 6) is 1.63. The first kappa shape index (κ1) is 15.8. The number of fused-ring (bicyclic) bond motifs is 1. The highest BCUT2D eigenvalue weighted by Gasteiger charge is 2.00. The average Bonchev–Trinajstić information content (AvgIpc) is 2.53. The molecule has 0 saturated carbocycles. The number of methoxy groups -OCH3 is 1. The highest BCUT2D eigenvalue weighted by atomic mass is 16.9. The third kappa shape index (κ3) is 4.76. The zero-order valence-corrected chi connectivity index (χ0v) is 12.4. The van der Waals surface area contributed by atoms with Crippen molar-refractivity contribution in [3.63, 3.8) is 0 Å². The summed E-state index contributed by atoms with van der Waals surface area (Å²) in [6.45, 7) is 0.927. The molecule has 2 aromatic rings. The Labute approximate surface area is 128 Å². The summed E-state index contributed by atoms with van der Waals surface area (Å²) in [6, 6.07) is 9.68. The molecular formula is C15H19N3O4. The second kappa shape index (κ2) is 8.02. The van der Waals surface area contributed by atoms with Gasteiger partial charge in [-0.3, -0.25) is 0 Å². The number of nitrogens with zero attached hydrogens (tertiary/aromatic N) is 2. The van der Waals surface area contributed by atoms with Crippen LogP contribution in [0.15, 0.2) is 30.3 Å². The van der Waals surface area contributed by atoms with Gasteiger partial charge in [-0.05, 0) is 49.6 Å². The van der Waals surface area contributed by atoms with Gasteiger partial charge in [0.1, 0.15) is 11.6 Å². The van der Waals surface area contributed by atoms with E-state index in [-0.39, 0.29) is 6.61 Å². The fourth-order valence-corrected chi connectivity index (χ4v) is 2.09. The zero-order chi connectivity index (χ0) is 15.8. The zero-order valence-electron chi connectivity index (χ0n) is 12.4. The van der Waals surface area contributed by atoms with Crippen molar-refractivity contribution in [1.82, 2.24) is 4.98 Å². The number of anilines is 1.